The number of hydrogen-bond donors (Lipinski definition) is 0. The first-order chi connectivity index (χ1) is 5.74. The van der Waals surface area contributed by atoms with Gasteiger partial charge in [-0.1, -0.05) is 6.92 Å². The molecule has 2 heteroatoms. The van der Waals surface area contributed by atoms with Gasteiger partial charge in [0.15, 0.2) is 0 Å². The summed E-state index contributed by atoms with van der Waals surface area (Å²) in [7, 11) is 2.21. The zero-order valence-corrected chi connectivity index (χ0v) is 7.83. The van der Waals surface area contributed by atoms with Crippen molar-refractivity contribution in [3.05, 3.63) is 0 Å². The van der Waals surface area contributed by atoms with Crippen molar-refractivity contribution in [2.75, 3.05) is 7.05 Å². The summed E-state index contributed by atoms with van der Waals surface area (Å²) >= 11 is 0. The van der Waals surface area contributed by atoms with E-state index >= 15 is 0 Å². The fourth-order valence-electron chi connectivity index (χ4n) is 2.91. The van der Waals surface area contributed by atoms with Gasteiger partial charge in [-0.05, 0) is 32.2 Å². The van der Waals surface area contributed by atoms with Crippen molar-refractivity contribution in [1.82, 2.24) is 4.90 Å². The molecular weight excluding hydrogens is 148 g/mol. The number of piperidine rings is 1. The van der Waals surface area contributed by atoms with Gasteiger partial charge in [0.1, 0.15) is 0 Å². The lowest BCUT2D eigenvalue weighted by atomic mass is 9.82. The monoisotopic (exact) mass is 164 g/mol. The highest BCUT2D eigenvalue weighted by Gasteiger charge is 2.43. The average Bonchev–Trinajstić information content (AvgIpc) is 2.31. The SMILES string of the molecule is CC1C(C#N)CC2CCC1N2C. The lowest BCUT2D eigenvalue weighted by Gasteiger charge is -2.38. The molecule has 0 aromatic heterocycles. The van der Waals surface area contributed by atoms with E-state index in [1.165, 1.54) is 12.8 Å². The third kappa shape index (κ3) is 0.964. The Morgan fingerprint density at radius 1 is 1.42 bits per heavy atom. The number of nitrogens with zero attached hydrogens (tertiary/aromatic N) is 2. The minimum atomic E-state index is 0.318. The van der Waals surface area contributed by atoms with Crippen LogP contribution < -0.4 is 0 Å². The Balaban J connectivity index is 2.18. The van der Waals surface area contributed by atoms with Crippen molar-refractivity contribution in [3.8, 4) is 6.07 Å². The molecule has 2 heterocycles. The van der Waals surface area contributed by atoms with Crippen LogP contribution in [0.1, 0.15) is 26.2 Å². The maximum atomic E-state index is 8.94. The Morgan fingerprint density at radius 2 is 2.17 bits per heavy atom. The summed E-state index contributed by atoms with van der Waals surface area (Å²) < 4.78 is 0. The molecule has 4 unspecified atom stereocenters. The molecule has 2 bridgehead atoms. The number of rotatable bonds is 0. The van der Waals surface area contributed by atoms with Gasteiger partial charge in [0.25, 0.3) is 0 Å². The molecule has 2 rings (SSSR count). The fraction of sp³-hybridized carbons (Fsp3) is 0.900. The Labute approximate surface area is 74.2 Å². The largest absolute Gasteiger partial charge is 0.300 e. The lowest BCUT2D eigenvalue weighted by Crippen LogP contribution is -2.45. The van der Waals surface area contributed by atoms with E-state index in [9.17, 15) is 0 Å². The molecule has 66 valence electrons. The van der Waals surface area contributed by atoms with Crippen molar-refractivity contribution in [1.29, 1.82) is 5.26 Å². The maximum absolute atomic E-state index is 8.94. The van der Waals surface area contributed by atoms with Gasteiger partial charge in [0.05, 0.1) is 12.0 Å². The van der Waals surface area contributed by atoms with Crippen LogP contribution in [0.3, 0.4) is 0 Å². The molecule has 2 saturated heterocycles. The van der Waals surface area contributed by atoms with Crippen LogP contribution in [0.4, 0.5) is 0 Å². The third-order valence-electron chi connectivity index (χ3n) is 3.83. The van der Waals surface area contributed by atoms with E-state index in [0.717, 1.165) is 6.42 Å². The van der Waals surface area contributed by atoms with Crippen LogP contribution in [0.5, 0.6) is 0 Å². The Hall–Kier alpha value is -0.550. The Morgan fingerprint density at radius 3 is 2.83 bits per heavy atom. The van der Waals surface area contributed by atoms with E-state index in [2.05, 4.69) is 24.9 Å². The van der Waals surface area contributed by atoms with Crippen molar-refractivity contribution in [2.45, 2.75) is 38.3 Å². The van der Waals surface area contributed by atoms with E-state index < -0.39 is 0 Å². The van der Waals surface area contributed by atoms with Crippen LogP contribution in [-0.4, -0.2) is 24.0 Å². The zero-order valence-electron chi connectivity index (χ0n) is 7.83. The van der Waals surface area contributed by atoms with E-state index in [0.29, 0.717) is 23.9 Å². The summed E-state index contributed by atoms with van der Waals surface area (Å²) in [5, 5.41) is 8.94. The zero-order chi connectivity index (χ0) is 8.72. The molecule has 0 saturated carbocycles. The molecule has 2 nitrogen and oxygen atoms in total. The van der Waals surface area contributed by atoms with Crippen LogP contribution in [0.25, 0.3) is 0 Å². The minimum absolute atomic E-state index is 0.318. The van der Waals surface area contributed by atoms with E-state index in [1.807, 2.05) is 0 Å². The molecular formula is C10H16N2. The molecule has 4 atom stereocenters. The topological polar surface area (TPSA) is 27.0 Å². The van der Waals surface area contributed by atoms with E-state index in [4.69, 9.17) is 5.26 Å². The quantitative estimate of drug-likeness (QED) is 0.544. The highest BCUT2D eigenvalue weighted by molar-refractivity contribution is 5.03. The molecule has 0 aromatic rings. The number of fused-ring (bicyclic) bond motifs is 2. The predicted molar refractivity (Wildman–Crippen MR) is 47.5 cm³/mol. The molecule has 2 aliphatic rings. The molecule has 0 spiro atoms. The van der Waals surface area contributed by atoms with Crippen LogP contribution in [0, 0.1) is 23.2 Å². The second kappa shape index (κ2) is 2.74. The minimum Gasteiger partial charge on any atom is -0.300 e. The summed E-state index contributed by atoms with van der Waals surface area (Å²) in [6.07, 6.45) is 3.72. The molecule has 0 N–H and O–H groups in total. The van der Waals surface area contributed by atoms with Crippen LogP contribution >= 0.6 is 0 Å². The van der Waals surface area contributed by atoms with Gasteiger partial charge >= 0.3 is 0 Å². The smallest absolute Gasteiger partial charge is 0.0659 e. The lowest BCUT2D eigenvalue weighted by molar-refractivity contribution is 0.101. The number of nitriles is 1. The summed E-state index contributed by atoms with van der Waals surface area (Å²) in [5.74, 6) is 0.900. The summed E-state index contributed by atoms with van der Waals surface area (Å²) in [5.41, 5.74) is 0. The first kappa shape index (κ1) is 8.07. The summed E-state index contributed by atoms with van der Waals surface area (Å²) in [6.45, 7) is 2.23. The Bertz CT molecular complexity index is 218. The van der Waals surface area contributed by atoms with Crippen molar-refractivity contribution >= 4 is 0 Å². The maximum Gasteiger partial charge on any atom is 0.0659 e. The van der Waals surface area contributed by atoms with Crippen molar-refractivity contribution < 1.29 is 0 Å². The van der Waals surface area contributed by atoms with Crippen LogP contribution in [-0.2, 0) is 0 Å². The van der Waals surface area contributed by atoms with Crippen LogP contribution in [0.2, 0.25) is 0 Å². The molecule has 0 aliphatic carbocycles. The first-order valence-corrected chi connectivity index (χ1v) is 4.85. The third-order valence-corrected chi connectivity index (χ3v) is 3.83. The molecule has 2 aliphatic heterocycles. The van der Waals surface area contributed by atoms with Gasteiger partial charge < -0.3 is 4.90 Å². The van der Waals surface area contributed by atoms with Gasteiger partial charge in [0.2, 0.25) is 0 Å². The average molecular weight is 164 g/mol. The Kier molecular flexibility index (Phi) is 1.84. The van der Waals surface area contributed by atoms with Gasteiger partial charge in [-0.25, -0.2) is 0 Å². The molecule has 0 radical (unpaired) electrons. The molecule has 0 aromatic carbocycles. The number of hydrogen-bond acceptors (Lipinski definition) is 2. The second-order valence-corrected chi connectivity index (χ2v) is 4.29. The highest BCUT2D eigenvalue weighted by atomic mass is 15.2. The second-order valence-electron chi connectivity index (χ2n) is 4.29. The van der Waals surface area contributed by atoms with Gasteiger partial charge in [-0.2, -0.15) is 5.26 Å². The van der Waals surface area contributed by atoms with Crippen LogP contribution in [0.15, 0.2) is 0 Å². The summed E-state index contributed by atoms with van der Waals surface area (Å²) in [6, 6.07) is 3.84. The van der Waals surface area contributed by atoms with Gasteiger partial charge in [-0.15, -0.1) is 0 Å². The normalized spacial score (nSPS) is 47.4. The highest BCUT2D eigenvalue weighted by Crippen LogP contribution is 2.40. The first-order valence-electron chi connectivity index (χ1n) is 4.85. The van der Waals surface area contributed by atoms with Crippen molar-refractivity contribution in [2.24, 2.45) is 11.8 Å². The van der Waals surface area contributed by atoms with Gasteiger partial charge in [-0.3, -0.25) is 0 Å². The van der Waals surface area contributed by atoms with E-state index in [1.54, 1.807) is 0 Å². The predicted octanol–water partition coefficient (Wildman–Crippen LogP) is 1.63. The molecule has 2 fully saturated rings. The van der Waals surface area contributed by atoms with Gasteiger partial charge in [0, 0.05) is 12.1 Å². The standard InChI is InChI=1S/C10H16N2/c1-7-8(6-11)5-9-3-4-10(7)12(9)2/h7-10H,3-5H2,1-2H3. The molecule has 0 amide bonds. The van der Waals surface area contributed by atoms with Crippen molar-refractivity contribution in [3.63, 3.8) is 0 Å². The molecule has 12 heavy (non-hydrogen) atoms. The van der Waals surface area contributed by atoms with E-state index in [-0.39, 0.29) is 0 Å². The fourth-order valence-corrected chi connectivity index (χ4v) is 2.91. The summed E-state index contributed by atoms with van der Waals surface area (Å²) in [4.78, 5) is 2.48.